The van der Waals surface area contributed by atoms with Gasteiger partial charge in [0.25, 0.3) is 5.91 Å². The molecule has 1 saturated heterocycles. The van der Waals surface area contributed by atoms with Crippen LogP contribution in [0.2, 0.25) is 0 Å². The van der Waals surface area contributed by atoms with Crippen molar-refractivity contribution in [2.75, 3.05) is 30.5 Å². The molecule has 2 fully saturated rings. The molecule has 1 saturated carbocycles. The number of aliphatic hydroxyl groups excluding tert-OH is 1. The number of carbonyl (C=O) groups is 3. The Morgan fingerprint density at radius 3 is 2.76 bits per heavy atom. The van der Waals surface area contributed by atoms with Gasteiger partial charge in [0.1, 0.15) is 17.6 Å². The SMILES string of the molecule is CC1CCC([C@H](NC(=O)c2ccnn2CCO)C(=O)Nc2cc3c(cn2)C2(CCOCC2)C(=O)N3)CC1. The summed E-state index contributed by atoms with van der Waals surface area (Å²) in [6.45, 7) is 3.27. The number of amides is 3. The van der Waals surface area contributed by atoms with Gasteiger partial charge in [-0.3, -0.25) is 19.1 Å². The number of pyridine rings is 1. The maximum absolute atomic E-state index is 13.5. The Balaban J connectivity index is 1.35. The molecule has 2 aliphatic heterocycles. The molecule has 0 aromatic carbocycles. The van der Waals surface area contributed by atoms with Gasteiger partial charge >= 0.3 is 0 Å². The lowest BCUT2D eigenvalue weighted by Gasteiger charge is -2.32. The number of ether oxygens (including phenoxy) is 1. The van der Waals surface area contributed by atoms with E-state index in [2.05, 4.69) is 33.0 Å². The predicted octanol–water partition coefficient (Wildman–Crippen LogP) is 1.83. The fraction of sp³-hybridized carbons (Fsp3) is 0.577. The zero-order valence-corrected chi connectivity index (χ0v) is 21.0. The molecule has 3 amide bonds. The highest BCUT2D eigenvalue weighted by Crippen LogP contribution is 2.44. The summed E-state index contributed by atoms with van der Waals surface area (Å²) >= 11 is 0. The largest absolute Gasteiger partial charge is 0.394 e. The van der Waals surface area contributed by atoms with Gasteiger partial charge in [-0.05, 0) is 43.6 Å². The zero-order chi connectivity index (χ0) is 26.0. The normalized spacial score (nSPS) is 23.2. The van der Waals surface area contributed by atoms with Crippen LogP contribution in [0.15, 0.2) is 24.5 Å². The number of rotatable bonds is 7. The highest BCUT2D eigenvalue weighted by Gasteiger charge is 2.48. The van der Waals surface area contributed by atoms with Crippen LogP contribution in [0, 0.1) is 11.8 Å². The van der Waals surface area contributed by atoms with Crippen molar-refractivity contribution >= 4 is 29.2 Å². The van der Waals surface area contributed by atoms with Crippen molar-refractivity contribution in [2.45, 2.75) is 63.5 Å². The monoisotopic (exact) mass is 510 g/mol. The van der Waals surface area contributed by atoms with Crippen LogP contribution in [0.4, 0.5) is 11.5 Å². The Bertz CT molecular complexity index is 1170. The fourth-order valence-corrected chi connectivity index (χ4v) is 5.82. The first-order valence-electron chi connectivity index (χ1n) is 13.1. The van der Waals surface area contributed by atoms with E-state index in [0.717, 1.165) is 31.2 Å². The Labute approximate surface area is 215 Å². The van der Waals surface area contributed by atoms with E-state index in [-0.39, 0.29) is 36.6 Å². The van der Waals surface area contributed by atoms with Gasteiger partial charge in [-0.2, -0.15) is 5.10 Å². The standard InChI is InChI=1S/C26H34N6O5/c1-16-2-4-17(5-3-16)22(31-23(34)20-6-9-28-32(20)10-11-33)24(35)30-21-14-19-18(15-27-21)26(25(36)29-19)7-12-37-13-8-26/h6,9,14-17,22,33H,2-5,7-8,10-13H2,1H3,(H,29,36)(H,31,34)(H,27,30,35)/t16?,17?,22-/m0/s1. The zero-order valence-electron chi connectivity index (χ0n) is 21.0. The summed E-state index contributed by atoms with van der Waals surface area (Å²) in [7, 11) is 0. The quantitative estimate of drug-likeness (QED) is 0.444. The van der Waals surface area contributed by atoms with E-state index in [4.69, 9.17) is 4.74 Å². The molecule has 5 rings (SSSR count). The molecule has 37 heavy (non-hydrogen) atoms. The summed E-state index contributed by atoms with van der Waals surface area (Å²) in [4.78, 5) is 44.0. The highest BCUT2D eigenvalue weighted by molar-refractivity contribution is 6.07. The van der Waals surface area contributed by atoms with Crippen molar-refractivity contribution in [1.82, 2.24) is 20.1 Å². The molecule has 4 N–H and O–H groups in total. The first-order valence-corrected chi connectivity index (χ1v) is 13.1. The van der Waals surface area contributed by atoms with Crippen LogP contribution in [0.5, 0.6) is 0 Å². The third-order valence-corrected chi connectivity index (χ3v) is 8.06. The Hall–Kier alpha value is -3.31. The molecule has 2 aromatic heterocycles. The summed E-state index contributed by atoms with van der Waals surface area (Å²) in [6.07, 6.45) is 7.98. The number of hydrogen-bond donors (Lipinski definition) is 4. The Morgan fingerprint density at radius 1 is 1.27 bits per heavy atom. The van der Waals surface area contributed by atoms with E-state index in [9.17, 15) is 19.5 Å². The summed E-state index contributed by atoms with van der Waals surface area (Å²) < 4.78 is 6.88. The number of carbonyl (C=O) groups excluding carboxylic acids is 3. The second-order valence-electron chi connectivity index (χ2n) is 10.4. The first-order chi connectivity index (χ1) is 17.9. The fourth-order valence-electron chi connectivity index (χ4n) is 5.82. The maximum Gasteiger partial charge on any atom is 0.270 e. The van der Waals surface area contributed by atoms with Crippen molar-refractivity contribution in [3.8, 4) is 0 Å². The number of aromatic nitrogens is 3. The van der Waals surface area contributed by atoms with Gasteiger partial charge in [-0.15, -0.1) is 0 Å². The minimum atomic E-state index is -0.760. The topological polar surface area (TPSA) is 147 Å². The summed E-state index contributed by atoms with van der Waals surface area (Å²) in [5.74, 6) is 0.0631. The van der Waals surface area contributed by atoms with E-state index in [1.807, 2.05) is 0 Å². The van der Waals surface area contributed by atoms with Gasteiger partial charge in [0.15, 0.2) is 0 Å². The second-order valence-corrected chi connectivity index (χ2v) is 10.4. The molecule has 1 atom stereocenters. The van der Waals surface area contributed by atoms with Crippen molar-refractivity contribution in [3.05, 3.63) is 35.8 Å². The second kappa shape index (κ2) is 10.6. The van der Waals surface area contributed by atoms with E-state index in [1.165, 1.54) is 10.9 Å². The molecule has 0 radical (unpaired) electrons. The molecule has 4 heterocycles. The number of nitrogens with one attached hydrogen (secondary N) is 3. The van der Waals surface area contributed by atoms with Gasteiger partial charge < -0.3 is 25.8 Å². The van der Waals surface area contributed by atoms with Crippen molar-refractivity contribution in [2.24, 2.45) is 11.8 Å². The smallest absolute Gasteiger partial charge is 0.270 e. The number of hydrogen-bond acceptors (Lipinski definition) is 7. The molecule has 2 aromatic rings. The van der Waals surface area contributed by atoms with Crippen LogP contribution in [0.1, 0.15) is 61.5 Å². The van der Waals surface area contributed by atoms with Crippen molar-refractivity contribution in [3.63, 3.8) is 0 Å². The number of nitrogens with zero attached hydrogens (tertiary/aromatic N) is 3. The maximum atomic E-state index is 13.5. The molecular formula is C26H34N6O5. The van der Waals surface area contributed by atoms with Crippen LogP contribution in [0.3, 0.4) is 0 Å². The van der Waals surface area contributed by atoms with E-state index in [0.29, 0.717) is 43.5 Å². The van der Waals surface area contributed by atoms with Gasteiger partial charge in [0.2, 0.25) is 11.8 Å². The number of fused-ring (bicyclic) bond motifs is 2. The molecule has 0 bridgehead atoms. The number of aliphatic hydroxyl groups is 1. The molecule has 11 heteroatoms. The average Bonchev–Trinajstić information content (AvgIpc) is 3.46. The lowest BCUT2D eigenvalue weighted by atomic mass is 9.76. The molecule has 11 nitrogen and oxygen atoms in total. The molecule has 1 spiro atoms. The third kappa shape index (κ3) is 4.97. The summed E-state index contributed by atoms with van der Waals surface area (Å²) in [6, 6.07) is 2.50. The number of anilines is 2. The minimum absolute atomic E-state index is 0.0194. The summed E-state index contributed by atoms with van der Waals surface area (Å²) in [5.41, 5.74) is 1.14. The van der Waals surface area contributed by atoms with Gasteiger partial charge in [-0.1, -0.05) is 19.8 Å². The molecule has 198 valence electrons. The molecular weight excluding hydrogens is 476 g/mol. The Kier molecular flexibility index (Phi) is 7.25. The van der Waals surface area contributed by atoms with E-state index in [1.54, 1.807) is 18.3 Å². The van der Waals surface area contributed by atoms with Crippen LogP contribution < -0.4 is 16.0 Å². The van der Waals surface area contributed by atoms with E-state index >= 15 is 0 Å². The third-order valence-electron chi connectivity index (χ3n) is 8.06. The first kappa shape index (κ1) is 25.3. The van der Waals surface area contributed by atoms with Crippen LogP contribution >= 0.6 is 0 Å². The minimum Gasteiger partial charge on any atom is -0.394 e. The molecule has 3 aliphatic rings. The van der Waals surface area contributed by atoms with Crippen LogP contribution in [-0.2, 0) is 26.3 Å². The van der Waals surface area contributed by atoms with E-state index < -0.39 is 17.4 Å². The van der Waals surface area contributed by atoms with Gasteiger partial charge in [0.05, 0.1) is 24.3 Å². The Morgan fingerprint density at radius 2 is 2.03 bits per heavy atom. The lowest BCUT2D eigenvalue weighted by Crippen LogP contribution is -2.49. The predicted molar refractivity (Wildman–Crippen MR) is 135 cm³/mol. The van der Waals surface area contributed by atoms with Gasteiger partial charge in [0, 0.05) is 37.2 Å². The van der Waals surface area contributed by atoms with Crippen LogP contribution in [0.25, 0.3) is 0 Å². The van der Waals surface area contributed by atoms with Crippen LogP contribution in [-0.4, -0.2) is 63.5 Å². The van der Waals surface area contributed by atoms with Crippen molar-refractivity contribution < 1.29 is 24.2 Å². The molecule has 1 aliphatic carbocycles. The van der Waals surface area contributed by atoms with Gasteiger partial charge in [-0.25, -0.2) is 4.98 Å². The average molecular weight is 511 g/mol. The lowest BCUT2D eigenvalue weighted by molar-refractivity contribution is -0.124. The van der Waals surface area contributed by atoms with Crippen molar-refractivity contribution in [1.29, 1.82) is 0 Å². The molecule has 0 unspecified atom stereocenters. The summed E-state index contributed by atoms with van der Waals surface area (Å²) in [5, 5.41) is 22.1. The highest BCUT2D eigenvalue weighted by atomic mass is 16.5.